The van der Waals surface area contributed by atoms with E-state index in [1.807, 2.05) is 18.2 Å². The maximum absolute atomic E-state index is 12.5. The Kier molecular flexibility index (Phi) is 8.20. The average molecular weight is 389 g/mol. The monoisotopic (exact) mass is 388 g/mol. The molecule has 1 aromatic carbocycles. The predicted molar refractivity (Wildman–Crippen MR) is 112 cm³/mol. The van der Waals surface area contributed by atoms with E-state index in [9.17, 15) is 9.59 Å². The quantitative estimate of drug-likeness (QED) is 0.522. The summed E-state index contributed by atoms with van der Waals surface area (Å²) in [5.41, 5.74) is 7.91. The molecule has 3 N–H and O–H groups in total. The number of ketones is 1. The fraction of sp³-hybridized carbons (Fsp3) is 0.652. The molecule has 1 saturated carbocycles. The van der Waals surface area contributed by atoms with Crippen LogP contribution in [0.1, 0.15) is 75.7 Å². The van der Waals surface area contributed by atoms with Crippen LogP contribution in [0, 0.1) is 11.3 Å². The van der Waals surface area contributed by atoms with Crippen molar-refractivity contribution in [2.75, 3.05) is 6.61 Å². The molecule has 1 aliphatic carbocycles. The summed E-state index contributed by atoms with van der Waals surface area (Å²) in [5, 5.41) is 3.64. The van der Waals surface area contributed by atoms with Crippen LogP contribution in [0.15, 0.2) is 24.3 Å². The second-order valence-electron chi connectivity index (χ2n) is 8.98. The Hall–Kier alpha value is -1.72. The fourth-order valence-electron chi connectivity index (χ4n) is 3.97. The number of esters is 1. The minimum absolute atomic E-state index is 0.0911. The SMILES string of the molecule is CCOC(=O)CC(N)C(=O)c1cccc(CNC2CCC(C(C)(C)C)CC2)c1. The largest absolute Gasteiger partial charge is 0.466 e. The lowest BCUT2D eigenvalue weighted by Crippen LogP contribution is -2.36. The van der Waals surface area contributed by atoms with Crippen molar-refractivity contribution < 1.29 is 14.3 Å². The lowest BCUT2D eigenvalue weighted by molar-refractivity contribution is -0.143. The highest BCUT2D eigenvalue weighted by Crippen LogP contribution is 2.37. The van der Waals surface area contributed by atoms with Gasteiger partial charge in [-0.2, -0.15) is 0 Å². The zero-order valence-corrected chi connectivity index (χ0v) is 17.8. The minimum atomic E-state index is -0.866. The molecule has 0 saturated heterocycles. The summed E-state index contributed by atoms with van der Waals surface area (Å²) >= 11 is 0. The fourth-order valence-corrected chi connectivity index (χ4v) is 3.97. The molecule has 5 nitrogen and oxygen atoms in total. The number of Topliss-reactive ketones (excluding diaryl/α,β-unsaturated/α-hetero) is 1. The van der Waals surface area contributed by atoms with Crippen molar-refractivity contribution in [3.05, 3.63) is 35.4 Å². The van der Waals surface area contributed by atoms with Crippen molar-refractivity contribution in [2.24, 2.45) is 17.1 Å². The van der Waals surface area contributed by atoms with Gasteiger partial charge < -0.3 is 15.8 Å². The first kappa shape index (κ1) is 22.6. The molecule has 0 aromatic heterocycles. The molecular weight excluding hydrogens is 352 g/mol. The van der Waals surface area contributed by atoms with Crippen LogP contribution in [0.2, 0.25) is 0 Å². The molecular formula is C23H36N2O3. The third kappa shape index (κ3) is 6.71. The number of nitrogens with two attached hydrogens (primary N) is 1. The van der Waals surface area contributed by atoms with Gasteiger partial charge in [0, 0.05) is 18.2 Å². The molecule has 1 unspecified atom stereocenters. The summed E-state index contributed by atoms with van der Waals surface area (Å²) in [6, 6.07) is 7.19. The molecule has 1 atom stereocenters. The van der Waals surface area contributed by atoms with Crippen LogP contribution < -0.4 is 11.1 Å². The standard InChI is InChI=1S/C23H36N2O3/c1-5-28-21(26)14-20(24)22(27)17-8-6-7-16(13-17)15-25-19-11-9-18(10-12-19)23(2,3)4/h6-8,13,18-20,25H,5,9-12,14-15,24H2,1-4H3. The molecule has 1 fully saturated rings. The van der Waals surface area contributed by atoms with Gasteiger partial charge in [-0.3, -0.25) is 9.59 Å². The van der Waals surface area contributed by atoms with Gasteiger partial charge in [0.25, 0.3) is 0 Å². The van der Waals surface area contributed by atoms with Crippen LogP contribution in [0.3, 0.4) is 0 Å². The lowest BCUT2D eigenvalue weighted by Gasteiger charge is -2.37. The van der Waals surface area contributed by atoms with E-state index in [1.165, 1.54) is 25.7 Å². The maximum atomic E-state index is 12.5. The molecule has 5 heteroatoms. The molecule has 28 heavy (non-hydrogen) atoms. The number of rotatable bonds is 8. The highest BCUT2D eigenvalue weighted by Gasteiger charge is 2.29. The summed E-state index contributed by atoms with van der Waals surface area (Å²) in [7, 11) is 0. The lowest BCUT2D eigenvalue weighted by atomic mass is 9.71. The van der Waals surface area contributed by atoms with Gasteiger partial charge in [0.15, 0.2) is 5.78 Å². The molecule has 0 aliphatic heterocycles. The number of nitrogens with one attached hydrogen (secondary N) is 1. The summed E-state index contributed by atoms with van der Waals surface area (Å²) in [6.07, 6.45) is 4.84. The first-order chi connectivity index (χ1) is 13.2. The maximum Gasteiger partial charge on any atom is 0.307 e. The van der Waals surface area contributed by atoms with Gasteiger partial charge in [-0.15, -0.1) is 0 Å². The molecule has 0 bridgehead atoms. The van der Waals surface area contributed by atoms with E-state index in [4.69, 9.17) is 10.5 Å². The summed E-state index contributed by atoms with van der Waals surface area (Å²) in [5.74, 6) is 0.139. The van der Waals surface area contributed by atoms with Gasteiger partial charge in [0.05, 0.1) is 19.1 Å². The van der Waals surface area contributed by atoms with Crippen molar-refractivity contribution >= 4 is 11.8 Å². The second-order valence-corrected chi connectivity index (χ2v) is 8.98. The van der Waals surface area contributed by atoms with Gasteiger partial charge in [-0.25, -0.2) is 0 Å². The third-order valence-electron chi connectivity index (χ3n) is 5.79. The second kappa shape index (κ2) is 10.2. The van der Waals surface area contributed by atoms with E-state index < -0.39 is 12.0 Å². The van der Waals surface area contributed by atoms with Crippen molar-refractivity contribution in [3.8, 4) is 0 Å². The van der Waals surface area contributed by atoms with Gasteiger partial charge in [0.1, 0.15) is 0 Å². The van der Waals surface area contributed by atoms with Crippen LogP contribution in [0.5, 0.6) is 0 Å². The Labute approximate surface area is 169 Å². The Morgan fingerprint density at radius 2 is 1.89 bits per heavy atom. The average Bonchev–Trinajstić information content (AvgIpc) is 2.65. The van der Waals surface area contributed by atoms with E-state index in [-0.39, 0.29) is 12.2 Å². The number of carbonyl (C=O) groups is 2. The smallest absolute Gasteiger partial charge is 0.307 e. The summed E-state index contributed by atoms with van der Waals surface area (Å²) in [6.45, 7) is 9.76. The number of hydrogen-bond acceptors (Lipinski definition) is 5. The molecule has 1 aromatic rings. The molecule has 0 spiro atoms. The van der Waals surface area contributed by atoms with Crippen LogP contribution in [-0.4, -0.2) is 30.4 Å². The van der Waals surface area contributed by atoms with Gasteiger partial charge in [-0.05, 0) is 55.6 Å². The van der Waals surface area contributed by atoms with Gasteiger partial charge in [0.2, 0.25) is 0 Å². The van der Waals surface area contributed by atoms with Crippen LogP contribution in [0.4, 0.5) is 0 Å². The van der Waals surface area contributed by atoms with E-state index in [2.05, 4.69) is 26.1 Å². The Morgan fingerprint density at radius 3 is 2.50 bits per heavy atom. The molecule has 0 amide bonds. The molecule has 1 aliphatic rings. The van der Waals surface area contributed by atoms with Gasteiger partial charge in [-0.1, -0.05) is 39.0 Å². The van der Waals surface area contributed by atoms with E-state index >= 15 is 0 Å². The third-order valence-corrected chi connectivity index (χ3v) is 5.79. The highest BCUT2D eigenvalue weighted by molar-refractivity contribution is 6.01. The Bertz CT molecular complexity index is 658. The molecule has 0 radical (unpaired) electrons. The number of benzene rings is 1. The van der Waals surface area contributed by atoms with Crippen LogP contribution in [-0.2, 0) is 16.1 Å². The molecule has 0 heterocycles. The zero-order valence-electron chi connectivity index (χ0n) is 17.8. The zero-order chi connectivity index (χ0) is 20.7. The first-order valence-corrected chi connectivity index (χ1v) is 10.5. The van der Waals surface area contributed by atoms with Gasteiger partial charge >= 0.3 is 5.97 Å². The van der Waals surface area contributed by atoms with Crippen molar-refractivity contribution in [2.45, 2.75) is 78.4 Å². The Morgan fingerprint density at radius 1 is 1.21 bits per heavy atom. The normalized spacial score (nSPS) is 21.2. The molecule has 156 valence electrons. The highest BCUT2D eigenvalue weighted by atomic mass is 16.5. The van der Waals surface area contributed by atoms with E-state index in [0.717, 1.165) is 18.0 Å². The van der Waals surface area contributed by atoms with Crippen LogP contribution in [0.25, 0.3) is 0 Å². The van der Waals surface area contributed by atoms with Crippen molar-refractivity contribution in [1.29, 1.82) is 0 Å². The number of ether oxygens (including phenoxy) is 1. The number of hydrogen-bond donors (Lipinski definition) is 2. The van der Waals surface area contributed by atoms with Crippen LogP contribution >= 0.6 is 0 Å². The topological polar surface area (TPSA) is 81.4 Å². The summed E-state index contributed by atoms with van der Waals surface area (Å²) in [4.78, 5) is 24.1. The molecule has 2 rings (SSSR count). The van der Waals surface area contributed by atoms with E-state index in [0.29, 0.717) is 23.6 Å². The first-order valence-electron chi connectivity index (χ1n) is 10.5. The van der Waals surface area contributed by atoms with Crippen molar-refractivity contribution in [3.63, 3.8) is 0 Å². The minimum Gasteiger partial charge on any atom is -0.466 e. The Balaban J connectivity index is 1.86. The number of carbonyl (C=O) groups excluding carboxylic acids is 2. The van der Waals surface area contributed by atoms with Crippen molar-refractivity contribution in [1.82, 2.24) is 5.32 Å². The van der Waals surface area contributed by atoms with E-state index in [1.54, 1.807) is 13.0 Å². The predicted octanol–water partition coefficient (Wildman–Crippen LogP) is 3.84. The summed E-state index contributed by atoms with van der Waals surface area (Å²) < 4.78 is 4.88.